The van der Waals surface area contributed by atoms with E-state index in [1.807, 2.05) is 29.6 Å². The molecular formula is C12H22IN3O. The first-order valence-corrected chi connectivity index (χ1v) is 5.91. The topological polar surface area (TPSA) is 29.1 Å². The fourth-order valence-corrected chi connectivity index (χ4v) is 1.57. The summed E-state index contributed by atoms with van der Waals surface area (Å²) in [5, 5.41) is 0. The molecule has 1 heterocycles. The predicted molar refractivity (Wildman–Crippen MR) is 63.1 cm³/mol. The molecule has 5 heteroatoms. The first-order chi connectivity index (χ1) is 7.58. The number of aromatic nitrogens is 2. The van der Waals surface area contributed by atoms with E-state index in [0.29, 0.717) is 5.92 Å². The molecule has 1 aromatic rings. The highest BCUT2D eigenvalue weighted by molar-refractivity contribution is 5.76. The SMILES string of the molecule is CCC(C)CN(CC)C(=O)n1cc[n+](C)c1.[I-]. The molecule has 98 valence electrons. The number of carbonyl (C=O) groups excluding carboxylic acids is 1. The summed E-state index contributed by atoms with van der Waals surface area (Å²) < 4.78 is 3.50. The van der Waals surface area contributed by atoms with Crippen LogP contribution in [-0.4, -0.2) is 28.6 Å². The van der Waals surface area contributed by atoms with Crippen LogP contribution >= 0.6 is 0 Å². The van der Waals surface area contributed by atoms with Crippen LogP contribution in [0.15, 0.2) is 18.7 Å². The molecular weight excluding hydrogens is 329 g/mol. The standard InChI is InChI=1S/C12H22N3O.HI/c1-5-11(3)9-14(6-2)12(16)15-8-7-13(4)10-15;/h7-8,10-11H,5-6,9H2,1-4H3;1H/q+1;/p-1. The summed E-state index contributed by atoms with van der Waals surface area (Å²) in [6.07, 6.45) is 6.56. The number of aryl methyl sites for hydroxylation is 1. The van der Waals surface area contributed by atoms with E-state index in [1.54, 1.807) is 17.1 Å². The Morgan fingerprint density at radius 1 is 1.47 bits per heavy atom. The van der Waals surface area contributed by atoms with Crippen LogP contribution in [0.5, 0.6) is 0 Å². The summed E-state index contributed by atoms with van der Waals surface area (Å²) in [5.74, 6) is 0.549. The number of halogens is 1. The zero-order valence-corrected chi connectivity index (χ0v) is 13.2. The number of hydrogen-bond acceptors (Lipinski definition) is 1. The first kappa shape index (κ1) is 16.4. The molecule has 0 fully saturated rings. The molecule has 1 unspecified atom stereocenters. The Bertz CT molecular complexity index is 351. The second-order valence-electron chi connectivity index (χ2n) is 4.32. The van der Waals surface area contributed by atoms with Gasteiger partial charge in [0.1, 0.15) is 12.4 Å². The maximum atomic E-state index is 12.1. The summed E-state index contributed by atoms with van der Waals surface area (Å²) in [6.45, 7) is 7.92. The summed E-state index contributed by atoms with van der Waals surface area (Å²) >= 11 is 0. The molecule has 0 saturated carbocycles. The van der Waals surface area contributed by atoms with Gasteiger partial charge in [-0.15, -0.1) is 0 Å². The summed E-state index contributed by atoms with van der Waals surface area (Å²) in [7, 11) is 1.91. The third-order valence-corrected chi connectivity index (χ3v) is 2.87. The summed E-state index contributed by atoms with van der Waals surface area (Å²) in [4.78, 5) is 14.0. The minimum Gasteiger partial charge on any atom is -1.00 e. The van der Waals surface area contributed by atoms with Crippen molar-refractivity contribution in [2.45, 2.75) is 27.2 Å². The smallest absolute Gasteiger partial charge is 0.415 e. The summed E-state index contributed by atoms with van der Waals surface area (Å²) in [5.41, 5.74) is 0. The van der Waals surface area contributed by atoms with Crippen LogP contribution in [0.25, 0.3) is 0 Å². The Morgan fingerprint density at radius 3 is 2.53 bits per heavy atom. The van der Waals surface area contributed by atoms with E-state index in [4.69, 9.17) is 0 Å². The molecule has 0 aromatic carbocycles. The van der Waals surface area contributed by atoms with Crippen molar-refractivity contribution in [1.82, 2.24) is 9.47 Å². The van der Waals surface area contributed by atoms with Gasteiger partial charge in [0.05, 0.1) is 7.05 Å². The maximum absolute atomic E-state index is 12.1. The van der Waals surface area contributed by atoms with Crippen molar-refractivity contribution in [2.75, 3.05) is 13.1 Å². The minimum absolute atomic E-state index is 0. The highest BCUT2D eigenvalue weighted by Crippen LogP contribution is 2.05. The number of amides is 1. The number of hydrogen-bond donors (Lipinski definition) is 0. The van der Waals surface area contributed by atoms with Gasteiger partial charge in [-0.2, -0.15) is 4.57 Å². The Hall–Kier alpha value is -0.590. The van der Waals surface area contributed by atoms with E-state index in [0.717, 1.165) is 19.5 Å². The van der Waals surface area contributed by atoms with Crippen LogP contribution < -0.4 is 28.5 Å². The second-order valence-corrected chi connectivity index (χ2v) is 4.32. The van der Waals surface area contributed by atoms with Gasteiger partial charge in [0, 0.05) is 13.1 Å². The molecule has 0 spiro atoms. The molecule has 0 aliphatic rings. The van der Waals surface area contributed by atoms with Crippen molar-refractivity contribution >= 4 is 6.03 Å². The fourth-order valence-electron chi connectivity index (χ4n) is 1.57. The number of carbonyl (C=O) groups is 1. The number of nitrogens with zero attached hydrogens (tertiary/aromatic N) is 3. The van der Waals surface area contributed by atoms with Crippen molar-refractivity contribution in [3.63, 3.8) is 0 Å². The van der Waals surface area contributed by atoms with Gasteiger partial charge in [-0.25, -0.2) is 9.36 Å². The molecule has 0 aliphatic heterocycles. The van der Waals surface area contributed by atoms with Gasteiger partial charge in [0.15, 0.2) is 0 Å². The molecule has 0 bridgehead atoms. The molecule has 0 radical (unpaired) electrons. The van der Waals surface area contributed by atoms with E-state index in [-0.39, 0.29) is 30.0 Å². The molecule has 0 aliphatic carbocycles. The van der Waals surface area contributed by atoms with Gasteiger partial charge in [0.2, 0.25) is 0 Å². The Kier molecular flexibility index (Phi) is 7.41. The van der Waals surface area contributed by atoms with Crippen molar-refractivity contribution in [3.05, 3.63) is 18.7 Å². The molecule has 0 saturated heterocycles. The quantitative estimate of drug-likeness (QED) is 0.487. The lowest BCUT2D eigenvalue weighted by Gasteiger charge is -2.21. The third-order valence-electron chi connectivity index (χ3n) is 2.87. The van der Waals surface area contributed by atoms with Crippen LogP contribution in [0.4, 0.5) is 4.79 Å². The van der Waals surface area contributed by atoms with Gasteiger partial charge in [-0.1, -0.05) is 20.3 Å². The zero-order chi connectivity index (χ0) is 12.1. The maximum Gasteiger partial charge on any atom is 0.415 e. The van der Waals surface area contributed by atoms with Crippen molar-refractivity contribution in [3.8, 4) is 0 Å². The van der Waals surface area contributed by atoms with Crippen molar-refractivity contribution < 1.29 is 33.3 Å². The van der Waals surface area contributed by atoms with Crippen molar-refractivity contribution in [2.24, 2.45) is 13.0 Å². The molecule has 1 atom stereocenters. The van der Waals surface area contributed by atoms with Gasteiger partial charge in [0.25, 0.3) is 6.33 Å². The normalized spacial score (nSPS) is 11.8. The lowest BCUT2D eigenvalue weighted by Crippen LogP contribution is -3.00. The lowest BCUT2D eigenvalue weighted by atomic mass is 10.1. The zero-order valence-electron chi connectivity index (χ0n) is 11.1. The van der Waals surface area contributed by atoms with Crippen LogP contribution in [0.1, 0.15) is 27.2 Å². The van der Waals surface area contributed by atoms with E-state index in [2.05, 4.69) is 13.8 Å². The number of imidazole rings is 1. The molecule has 1 aromatic heterocycles. The number of rotatable bonds is 4. The van der Waals surface area contributed by atoms with Gasteiger partial charge in [-0.05, 0) is 12.8 Å². The predicted octanol–water partition coefficient (Wildman–Crippen LogP) is -1.35. The molecule has 1 amide bonds. The summed E-state index contributed by atoms with van der Waals surface area (Å²) in [6, 6.07) is 0.0587. The Morgan fingerprint density at radius 2 is 2.12 bits per heavy atom. The van der Waals surface area contributed by atoms with E-state index in [9.17, 15) is 4.79 Å². The van der Waals surface area contributed by atoms with Gasteiger partial charge >= 0.3 is 6.03 Å². The van der Waals surface area contributed by atoms with Crippen molar-refractivity contribution in [1.29, 1.82) is 0 Å². The van der Waals surface area contributed by atoms with Crippen LogP contribution in [0.3, 0.4) is 0 Å². The highest BCUT2D eigenvalue weighted by atomic mass is 127. The van der Waals surface area contributed by atoms with Crippen LogP contribution in [0.2, 0.25) is 0 Å². The van der Waals surface area contributed by atoms with E-state index in [1.165, 1.54) is 0 Å². The lowest BCUT2D eigenvalue weighted by molar-refractivity contribution is -0.670. The van der Waals surface area contributed by atoms with Gasteiger partial charge in [-0.3, -0.25) is 0 Å². The monoisotopic (exact) mass is 351 g/mol. The third kappa shape index (κ3) is 4.65. The highest BCUT2D eigenvalue weighted by Gasteiger charge is 2.20. The van der Waals surface area contributed by atoms with Crippen LogP contribution in [0, 0.1) is 5.92 Å². The average molecular weight is 351 g/mol. The first-order valence-electron chi connectivity index (χ1n) is 5.91. The molecule has 1 rings (SSSR count). The van der Waals surface area contributed by atoms with Crippen LogP contribution in [-0.2, 0) is 7.05 Å². The van der Waals surface area contributed by atoms with E-state index >= 15 is 0 Å². The minimum atomic E-state index is 0. The Balaban J connectivity index is 0.00000256. The molecule has 4 nitrogen and oxygen atoms in total. The molecule has 17 heavy (non-hydrogen) atoms. The fraction of sp³-hybridized carbons (Fsp3) is 0.667. The van der Waals surface area contributed by atoms with Gasteiger partial charge < -0.3 is 28.9 Å². The second kappa shape index (κ2) is 7.68. The molecule has 0 N–H and O–H groups in total. The average Bonchev–Trinajstić information content (AvgIpc) is 2.71. The van der Waals surface area contributed by atoms with E-state index < -0.39 is 0 Å². The Labute approximate surface area is 121 Å². The largest absolute Gasteiger partial charge is 1.00 e.